The van der Waals surface area contributed by atoms with E-state index in [1.54, 1.807) is 10.9 Å². The van der Waals surface area contributed by atoms with E-state index in [0.717, 1.165) is 11.3 Å². The van der Waals surface area contributed by atoms with Crippen molar-refractivity contribution in [2.45, 2.75) is 25.4 Å². The monoisotopic (exact) mass is 327 g/mol. The zero-order valence-corrected chi connectivity index (χ0v) is 12.9. The van der Waals surface area contributed by atoms with E-state index in [9.17, 15) is 14.4 Å². The molecular weight excluding hydrogens is 310 g/mol. The Morgan fingerprint density at radius 2 is 2.04 bits per heavy atom. The molecule has 0 aliphatic carbocycles. The lowest BCUT2D eigenvalue weighted by Crippen LogP contribution is -2.31. The Morgan fingerprint density at radius 3 is 2.67 bits per heavy atom. The van der Waals surface area contributed by atoms with E-state index in [2.05, 4.69) is 21.0 Å². The lowest BCUT2D eigenvalue weighted by molar-refractivity contribution is -0.122. The van der Waals surface area contributed by atoms with Crippen LogP contribution in [0.15, 0.2) is 42.7 Å². The molecule has 0 unspecified atom stereocenters. The number of nitrogens with one attached hydrogen (secondary N) is 3. The van der Waals surface area contributed by atoms with Gasteiger partial charge in [-0.05, 0) is 30.2 Å². The normalized spacial score (nSPS) is 16.6. The minimum atomic E-state index is -0.628. The van der Waals surface area contributed by atoms with E-state index in [4.69, 9.17) is 0 Å². The Morgan fingerprint density at radius 1 is 1.25 bits per heavy atom. The highest BCUT2D eigenvalue weighted by Crippen LogP contribution is 2.09. The quantitative estimate of drug-likeness (QED) is 0.671. The van der Waals surface area contributed by atoms with Crippen molar-refractivity contribution < 1.29 is 14.4 Å². The molecule has 3 rings (SSSR count). The second-order valence-electron chi connectivity index (χ2n) is 5.45. The SMILES string of the molecule is O=C(CC[C@H]1NC(=O)NC1=O)NCc1ccc(-n2cccn2)cc1. The summed E-state index contributed by atoms with van der Waals surface area (Å²) in [5.74, 6) is -0.554. The van der Waals surface area contributed by atoms with Gasteiger partial charge in [-0.3, -0.25) is 14.9 Å². The number of hydrogen-bond acceptors (Lipinski definition) is 4. The second-order valence-corrected chi connectivity index (χ2v) is 5.45. The molecule has 3 N–H and O–H groups in total. The smallest absolute Gasteiger partial charge is 0.322 e. The van der Waals surface area contributed by atoms with Gasteiger partial charge in [0.15, 0.2) is 0 Å². The van der Waals surface area contributed by atoms with Gasteiger partial charge in [0.1, 0.15) is 6.04 Å². The average Bonchev–Trinajstić information content (AvgIpc) is 3.21. The van der Waals surface area contributed by atoms with Crippen LogP contribution >= 0.6 is 0 Å². The largest absolute Gasteiger partial charge is 0.352 e. The third-order valence-electron chi connectivity index (χ3n) is 3.71. The van der Waals surface area contributed by atoms with Gasteiger partial charge in [0.25, 0.3) is 5.91 Å². The molecule has 1 aliphatic rings. The van der Waals surface area contributed by atoms with Crippen LogP contribution in [0.4, 0.5) is 4.79 Å². The molecule has 124 valence electrons. The van der Waals surface area contributed by atoms with Gasteiger partial charge >= 0.3 is 6.03 Å². The van der Waals surface area contributed by atoms with Crippen LogP contribution in [0.3, 0.4) is 0 Å². The van der Waals surface area contributed by atoms with Gasteiger partial charge in [-0.2, -0.15) is 5.10 Å². The Hall–Kier alpha value is -3.16. The molecule has 0 spiro atoms. The van der Waals surface area contributed by atoms with Gasteiger partial charge in [0, 0.05) is 25.4 Å². The molecule has 0 radical (unpaired) electrons. The molecular formula is C16H17N5O3. The van der Waals surface area contributed by atoms with Crippen molar-refractivity contribution >= 4 is 17.8 Å². The zero-order valence-electron chi connectivity index (χ0n) is 12.9. The maximum atomic E-state index is 11.8. The van der Waals surface area contributed by atoms with E-state index >= 15 is 0 Å². The molecule has 8 heteroatoms. The van der Waals surface area contributed by atoms with Crippen LogP contribution in [0.1, 0.15) is 18.4 Å². The van der Waals surface area contributed by atoms with Gasteiger partial charge in [0.2, 0.25) is 5.91 Å². The van der Waals surface area contributed by atoms with E-state index in [-0.39, 0.29) is 24.7 Å². The van der Waals surface area contributed by atoms with E-state index in [1.807, 2.05) is 36.5 Å². The topological polar surface area (TPSA) is 105 Å². The number of hydrogen-bond donors (Lipinski definition) is 3. The summed E-state index contributed by atoms with van der Waals surface area (Å²) in [5, 5.41) is 11.5. The van der Waals surface area contributed by atoms with E-state index in [1.165, 1.54) is 0 Å². The highest BCUT2D eigenvalue weighted by Gasteiger charge is 2.29. The summed E-state index contributed by atoms with van der Waals surface area (Å²) < 4.78 is 1.75. The third-order valence-corrected chi connectivity index (χ3v) is 3.71. The molecule has 0 saturated carbocycles. The van der Waals surface area contributed by atoms with Crippen molar-refractivity contribution in [2.24, 2.45) is 0 Å². The average molecular weight is 327 g/mol. The fourth-order valence-electron chi connectivity index (χ4n) is 2.41. The highest BCUT2D eigenvalue weighted by molar-refractivity contribution is 6.04. The fraction of sp³-hybridized carbons (Fsp3) is 0.250. The number of benzene rings is 1. The molecule has 1 aromatic heterocycles. The minimum absolute atomic E-state index is 0.167. The number of amides is 4. The summed E-state index contributed by atoms with van der Waals surface area (Å²) in [6, 6.07) is 8.39. The lowest BCUT2D eigenvalue weighted by Gasteiger charge is -2.09. The van der Waals surface area contributed by atoms with Crippen molar-refractivity contribution in [2.75, 3.05) is 0 Å². The fourth-order valence-corrected chi connectivity index (χ4v) is 2.41. The summed E-state index contributed by atoms with van der Waals surface area (Å²) in [5.41, 5.74) is 1.91. The predicted molar refractivity (Wildman–Crippen MR) is 85.1 cm³/mol. The van der Waals surface area contributed by atoms with Gasteiger partial charge < -0.3 is 10.6 Å². The van der Waals surface area contributed by atoms with Crippen LogP contribution in [0.2, 0.25) is 0 Å². The first kappa shape index (κ1) is 15.7. The second kappa shape index (κ2) is 6.95. The molecule has 4 amide bonds. The van der Waals surface area contributed by atoms with Crippen molar-refractivity contribution in [3.8, 4) is 5.69 Å². The third kappa shape index (κ3) is 3.78. The zero-order chi connectivity index (χ0) is 16.9. The molecule has 1 saturated heterocycles. The van der Waals surface area contributed by atoms with Crippen molar-refractivity contribution in [1.29, 1.82) is 0 Å². The highest BCUT2D eigenvalue weighted by atomic mass is 16.2. The maximum absolute atomic E-state index is 11.8. The van der Waals surface area contributed by atoms with Crippen LogP contribution < -0.4 is 16.0 Å². The van der Waals surface area contributed by atoms with E-state index < -0.39 is 12.1 Å². The maximum Gasteiger partial charge on any atom is 0.322 e. The first-order chi connectivity index (χ1) is 11.6. The van der Waals surface area contributed by atoms with Gasteiger partial charge in [-0.25, -0.2) is 9.48 Å². The number of rotatable bonds is 6. The van der Waals surface area contributed by atoms with Crippen LogP contribution in [0.25, 0.3) is 5.69 Å². The summed E-state index contributed by atoms with van der Waals surface area (Å²) in [6.45, 7) is 0.404. The van der Waals surface area contributed by atoms with Gasteiger partial charge in [-0.15, -0.1) is 0 Å². The van der Waals surface area contributed by atoms with Crippen LogP contribution in [-0.4, -0.2) is 33.7 Å². The standard InChI is InChI=1S/C16H17N5O3/c22-14(7-6-13-15(23)20-16(24)19-13)17-10-11-2-4-12(5-3-11)21-9-1-8-18-21/h1-5,8-9,13H,6-7,10H2,(H,17,22)(H2,19,20,23,24)/t13-/m1/s1. The molecule has 0 bridgehead atoms. The Balaban J connectivity index is 1.44. The molecule has 1 aliphatic heterocycles. The van der Waals surface area contributed by atoms with Gasteiger partial charge in [0.05, 0.1) is 5.69 Å². The summed E-state index contributed by atoms with van der Waals surface area (Å²) in [4.78, 5) is 34.2. The first-order valence-electron chi connectivity index (χ1n) is 7.59. The molecule has 2 heterocycles. The Kier molecular flexibility index (Phi) is 4.55. The van der Waals surface area contributed by atoms with Crippen molar-refractivity contribution in [3.05, 3.63) is 48.3 Å². The summed E-state index contributed by atoms with van der Waals surface area (Å²) >= 11 is 0. The molecule has 1 atom stereocenters. The molecule has 1 fully saturated rings. The Bertz CT molecular complexity index is 740. The van der Waals surface area contributed by atoms with E-state index in [0.29, 0.717) is 6.54 Å². The number of aromatic nitrogens is 2. The number of nitrogens with zero attached hydrogens (tertiary/aromatic N) is 2. The van der Waals surface area contributed by atoms with Crippen molar-refractivity contribution in [1.82, 2.24) is 25.7 Å². The number of imide groups is 1. The predicted octanol–water partition coefficient (Wildman–Crippen LogP) is 0.477. The Labute approximate surface area is 138 Å². The lowest BCUT2D eigenvalue weighted by atomic mass is 10.1. The van der Waals surface area contributed by atoms with Gasteiger partial charge in [-0.1, -0.05) is 12.1 Å². The number of carbonyl (C=O) groups is 3. The van der Waals surface area contributed by atoms with Crippen LogP contribution in [0.5, 0.6) is 0 Å². The van der Waals surface area contributed by atoms with Crippen LogP contribution in [0, 0.1) is 0 Å². The molecule has 1 aromatic carbocycles. The molecule has 8 nitrogen and oxygen atoms in total. The minimum Gasteiger partial charge on any atom is -0.352 e. The molecule has 24 heavy (non-hydrogen) atoms. The van der Waals surface area contributed by atoms with Crippen LogP contribution in [-0.2, 0) is 16.1 Å². The number of carbonyl (C=O) groups excluding carboxylic acids is 3. The molecule has 2 aromatic rings. The summed E-state index contributed by atoms with van der Waals surface area (Å²) in [7, 11) is 0. The van der Waals surface area contributed by atoms with Crippen molar-refractivity contribution in [3.63, 3.8) is 0 Å². The number of urea groups is 1. The summed E-state index contributed by atoms with van der Waals surface area (Å²) in [6.07, 6.45) is 4.02. The first-order valence-corrected chi connectivity index (χ1v) is 7.59.